The van der Waals surface area contributed by atoms with Crippen molar-refractivity contribution in [1.29, 1.82) is 0 Å². The molecule has 1 amide bonds. The number of benzene rings is 2. The SMILES string of the molecule is Cc1ccc(C(=O)N[C@H](C)c2ccc3c(c2)CCC3)cc1N(C)S(C)(=O)=O. The number of sulfonamides is 1. The van der Waals surface area contributed by atoms with Gasteiger partial charge in [0.15, 0.2) is 0 Å². The maximum Gasteiger partial charge on any atom is 0.251 e. The molecule has 0 fully saturated rings. The molecule has 27 heavy (non-hydrogen) atoms. The molecule has 6 heteroatoms. The Morgan fingerprint density at radius 3 is 2.52 bits per heavy atom. The lowest BCUT2D eigenvalue weighted by Crippen LogP contribution is -2.28. The number of fused-ring (bicyclic) bond motifs is 1. The first kappa shape index (κ1) is 19.4. The largest absolute Gasteiger partial charge is 0.346 e. The maximum atomic E-state index is 12.7. The van der Waals surface area contributed by atoms with E-state index in [0.29, 0.717) is 11.3 Å². The van der Waals surface area contributed by atoms with E-state index in [2.05, 4.69) is 23.5 Å². The molecular formula is C21H26N2O3S. The number of amides is 1. The third-order valence-corrected chi connectivity index (χ3v) is 6.47. The first-order valence-corrected chi connectivity index (χ1v) is 11.0. The predicted octanol–water partition coefficient (Wildman–Crippen LogP) is 3.37. The Labute approximate surface area is 161 Å². The van der Waals surface area contributed by atoms with Gasteiger partial charge in [-0.3, -0.25) is 9.10 Å². The lowest BCUT2D eigenvalue weighted by atomic mass is 10.0. The van der Waals surface area contributed by atoms with Crippen molar-refractivity contribution in [2.75, 3.05) is 17.6 Å². The van der Waals surface area contributed by atoms with Gasteiger partial charge in [-0.1, -0.05) is 24.3 Å². The highest BCUT2D eigenvalue weighted by atomic mass is 32.2. The zero-order valence-corrected chi connectivity index (χ0v) is 17.1. The third kappa shape index (κ3) is 4.16. The van der Waals surface area contributed by atoms with Crippen LogP contribution in [-0.4, -0.2) is 27.6 Å². The number of carbonyl (C=O) groups is 1. The highest BCUT2D eigenvalue weighted by molar-refractivity contribution is 7.92. The number of nitrogens with one attached hydrogen (secondary N) is 1. The van der Waals surface area contributed by atoms with Crippen LogP contribution in [0.15, 0.2) is 36.4 Å². The summed E-state index contributed by atoms with van der Waals surface area (Å²) in [5.41, 5.74) is 5.62. The molecule has 144 valence electrons. The maximum absolute atomic E-state index is 12.7. The molecule has 0 spiro atoms. The number of rotatable bonds is 5. The molecule has 1 aliphatic carbocycles. The van der Waals surface area contributed by atoms with Crippen molar-refractivity contribution in [1.82, 2.24) is 5.32 Å². The molecule has 0 unspecified atom stereocenters. The van der Waals surface area contributed by atoms with E-state index in [0.717, 1.165) is 30.2 Å². The molecule has 0 radical (unpaired) electrons. The van der Waals surface area contributed by atoms with E-state index in [1.165, 1.54) is 28.9 Å². The van der Waals surface area contributed by atoms with Crippen molar-refractivity contribution in [2.45, 2.75) is 39.2 Å². The van der Waals surface area contributed by atoms with Gasteiger partial charge < -0.3 is 5.32 Å². The highest BCUT2D eigenvalue weighted by Crippen LogP contribution is 2.26. The van der Waals surface area contributed by atoms with Crippen LogP contribution >= 0.6 is 0 Å². The van der Waals surface area contributed by atoms with Crippen LogP contribution in [0.25, 0.3) is 0 Å². The van der Waals surface area contributed by atoms with E-state index < -0.39 is 10.0 Å². The average Bonchev–Trinajstić information content (AvgIpc) is 3.08. The molecule has 1 aliphatic rings. The van der Waals surface area contributed by atoms with Crippen LogP contribution in [-0.2, 0) is 22.9 Å². The summed E-state index contributed by atoms with van der Waals surface area (Å²) in [7, 11) is -1.90. The molecule has 0 heterocycles. The van der Waals surface area contributed by atoms with E-state index in [4.69, 9.17) is 0 Å². The minimum Gasteiger partial charge on any atom is -0.346 e. The molecule has 0 aromatic heterocycles. The summed E-state index contributed by atoms with van der Waals surface area (Å²) in [6, 6.07) is 11.4. The minimum atomic E-state index is -3.39. The second-order valence-corrected chi connectivity index (χ2v) is 9.32. The van der Waals surface area contributed by atoms with Crippen molar-refractivity contribution >= 4 is 21.6 Å². The summed E-state index contributed by atoms with van der Waals surface area (Å²) in [6.07, 6.45) is 4.58. The molecule has 0 saturated carbocycles. The Morgan fingerprint density at radius 2 is 1.81 bits per heavy atom. The van der Waals surface area contributed by atoms with Crippen LogP contribution in [0.3, 0.4) is 0 Å². The van der Waals surface area contributed by atoms with Crippen molar-refractivity contribution < 1.29 is 13.2 Å². The molecular weight excluding hydrogens is 360 g/mol. The van der Waals surface area contributed by atoms with Gasteiger partial charge in [0.05, 0.1) is 18.0 Å². The molecule has 2 aromatic rings. The van der Waals surface area contributed by atoms with Crippen molar-refractivity contribution in [2.24, 2.45) is 0 Å². The van der Waals surface area contributed by atoms with Crippen LogP contribution in [0.2, 0.25) is 0 Å². The monoisotopic (exact) mass is 386 g/mol. The topological polar surface area (TPSA) is 66.5 Å². The fraction of sp³-hybridized carbons (Fsp3) is 0.381. The van der Waals surface area contributed by atoms with Gasteiger partial charge in [-0.25, -0.2) is 8.42 Å². The van der Waals surface area contributed by atoms with E-state index in [-0.39, 0.29) is 11.9 Å². The Kier molecular flexibility index (Phi) is 5.29. The summed E-state index contributed by atoms with van der Waals surface area (Å²) in [6.45, 7) is 3.79. The molecule has 1 atom stereocenters. The van der Waals surface area contributed by atoms with Crippen molar-refractivity contribution in [3.05, 3.63) is 64.2 Å². The molecule has 0 bridgehead atoms. The Hall–Kier alpha value is -2.34. The third-order valence-electron chi connectivity index (χ3n) is 5.28. The molecule has 2 aromatic carbocycles. The van der Waals surface area contributed by atoms with Gasteiger partial charge >= 0.3 is 0 Å². The second-order valence-electron chi connectivity index (χ2n) is 7.31. The Morgan fingerprint density at radius 1 is 1.11 bits per heavy atom. The van der Waals surface area contributed by atoms with Gasteiger partial charge in [0.2, 0.25) is 10.0 Å². The highest BCUT2D eigenvalue weighted by Gasteiger charge is 2.19. The molecule has 0 saturated heterocycles. The minimum absolute atomic E-state index is 0.124. The number of hydrogen-bond acceptors (Lipinski definition) is 3. The molecule has 5 nitrogen and oxygen atoms in total. The van der Waals surface area contributed by atoms with E-state index in [9.17, 15) is 13.2 Å². The van der Waals surface area contributed by atoms with Gasteiger partial charge in [0, 0.05) is 12.6 Å². The van der Waals surface area contributed by atoms with Gasteiger partial charge in [-0.15, -0.1) is 0 Å². The summed E-state index contributed by atoms with van der Waals surface area (Å²) >= 11 is 0. The van der Waals surface area contributed by atoms with Crippen LogP contribution < -0.4 is 9.62 Å². The summed E-state index contributed by atoms with van der Waals surface area (Å²) < 4.78 is 24.9. The molecule has 1 N–H and O–H groups in total. The second kappa shape index (κ2) is 7.35. The molecule has 0 aliphatic heterocycles. The van der Waals surface area contributed by atoms with E-state index >= 15 is 0 Å². The van der Waals surface area contributed by atoms with Crippen molar-refractivity contribution in [3.8, 4) is 0 Å². The van der Waals surface area contributed by atoms with Gasteiger partial charge in [-0.2, -0.15) is 0 Å². The van der Waals surface area contributed by atoms with Crippen LogP contribution in [0.1, 0.15) is 52.0 Å². The predicted molar refractivity (Wildman–Crippen MR) is 109 cm³/mol. The van der Waals surface area contributed by atoms with Gasteiger partial charge in [-0.05, 0) is 67.5 Å². The quantitative estimate of drug-likeness (QED) is 0.857. The molecule has 3 rings (SSSR count). The van der Waals surface area contributed by atoms with Crippen molar-refractivity contribution in [3.63, 3.8) is 0 Å². The Balaban J connectivity index is 1.80. The fourth-order valence-corrected chi connectivity index (χ4v) is 4.05. The smallest absolute Gasteiger partial charge is 0.251 e. The number of carbonyl (C=O) groups excluding carboxylic acids is 1. The summed E-state index contributed by atoms with van der Waals surface area (Å²) in [5, 5.41) is 3.02. The zero-order valence-electron chi connectivity index (χ0n) is 16.2. The zero-order chi connectivity index (χ0) is 19.8. The number of hydrogen-bond donors (Lipinski definition) is 1. The van der Waals surface area contributed by atoms with Crippen LogP contribution in [0, 0.1) is 6.92 Å². The average molecular weight is 387 g/mol. The van der Waals surface area contributed by atoms with E-state index in [1.54, 1.807) is 18.2 Å². The first-order chi connectivity index (χ1) is 12.7. The number of nitrogens with zero attached hydrogens (tertiary/aromatic N) is 1. The van der Waals surface area contributed by atoms with Gasteiger partial charge in [0.1, 0.15) is 0 Å². The number of anilines is 1. The lowest BCUT2D eigenvalue weighted by Gasteiger charge is -2.20. The van der Waals surface area contributed by atoms with Crippen LogP contribution in [0.4, 0.5) is 5.69 Å². The summed E-state index contributed by atoms with van der Waals surface area (Å²) in [4.78, 5) is 12.7. The van der Waals surface area contributed by atoms with Crippen LogP contribution in [0.5, 0.6) is 0 Å². The Bertz CT molecular complexity index is 983. The number of aryl methyl sites for hydroxylation is 3. The lowest BCUT2D eigenvalue weighted by molar-refractivity contribution is 0.0940. The van der Waals surface area contributed by atoms with Gasteiger partial charge in [0.25, 0.3) is 5.91 Å². The fourth-order valence-electron chi connectivity index (χ4n) is 3.49. The standard InChI is InChI=1S/C21H26N2O3S/c1-14-8-9-19(13-20(14)23(3)27(4,25)26)21(24)22-15(2)17-11-10-16-6-5-7-18(16)12-17/h8-13,15H,5-7H2,1-4H3,(H,22,24)/t15-/m1/s1. The normalized spacial score (nSPS) is 14.5. The summed E-state index contributed by atoms with van der Waals surface area (Å²) in [5.74, 6) is -0.217. The first-order valence-electron chi connectivity index (χ1n) is 9.14. The van der Waals surface area contributed by atoms with E-state index in [1.807, 2.05) is 13.8 Å².